The predicted octanol–water partition coefficient (Wildman–Crippen LogP) is 4.79. The van der Waals surface area contributed by atoms with Gasteiger partial charge in [0.15, 0.2) is 12.3 Å². The van der Waals surface area contributed by atoms with Crippen molar-refractivity contribution in [3.05, 3.63) is 29.4 Å². The van der Waals surface area contributed by atoms with Crippen LogP contribution in [0, 0.1) is 0 Å². The van der Waals surface area contributed by atoms with Crippen molar-refractivity contribution < 1.29 is 17.4 Å². The van der Waals surface area contributed by atoms with Gasteiger partial charge in [-0.05, 0) is 18.2 Å². The summed E-state index contributed by atoms with van der Waals surface area (Å²) in [5.41, 5.74) is 6.00. The number of rotatable bonds is 4. The maximum Gasteiger partial charge on any atom is 0.387 e. The summed E-state index contributed by atoms with van der Waals surface area (Å²) in [4.78, 5) is 0. The van der Waals surface area contributed by atoms with E-state index < -0.39 is 6.61 Å². The summed E-state index contributed by atoms with van der Waals surface area (Å²) in [5.74, 6) is -0.165. The second-order valence-corrected chi connectivity index (χ2v) is 4.33. The molecule has 1 aromatic heterocycles. The Morgan fingerprint density at radius 3 is 2.62 bits per heavy atom. The van der Waals surface area contributed by atoms with Gasteiger partial charge in [-0.3, -0.25) is 0 Å². The van der Waals surface area contributed by atoms with Gasteiger partial charge in [0.05, 0.1) is 11.9 Å². The number of ether oxygens (including phenoxy) is 1. The molecule has 0 atom stereocenters. The Kier molecular flexibility index (Phi) is 6.70. The van der Waals surface area contributed by atoms with Crippen molar-refractivity contribution in [2.24, 2.45) is 0 Å². The molecule has 0 fully saturated rings. The van der Waals surface area contributed by atoms with Crippen LogP contribution in [0.25, 0.3) is 11.3 Å². The zero-order valence-corrected chi connectivity index (χ0v) is 12.8. The maximum absolute atomic E-state index is 12.7. The first-order chi connectivity index (χ1) is 10.0. The average Bonchev–Trinajstić information content (AvgIpc) is 2.83. The van der Waals surface area contributed by atoms with E-state index in [0.29, 0.717) is 0 Å². The molecule has 0 unspecified atom stereocenters. The number of nitrogen functional groups attached to an aromatic ring is 1. The van der Waals surface area contributed by atoms with Gasteiger partial charge < -0.3 is 10.5 Å². The van der Waals surface area contributed by atoms with E-state index in [0.717, 1.165) is 4.09 Å². The number of hydrogen-bond acceptors (Lipinski definition) is 4. The van der Waals surface area contributed by atoms with E-state index in [1.165, 1.54) is 24.4 Å². The minimum atomic E-state index is -3.02. The van der Waals surface area contributed by atoms with Crippen LogP contribution in [0.1, 0.15) is 13.8 Å². The largest absolute Gasteiger partial charge is 0.434 e. The van der Waals surface area contributed by atoms with E-state index in [9.17, 15) is 12.7 Å². The van der Waals surface area contributed by atoms with Crippen molar-refractivity contribution in [3.8, 4) is 17.0 Å². The molecule has 0 saturated heterocycles. The topological polar surface area (TPSA) is 53.1 Å². The molecule has 0 aliphatic carbocycles. The van der Waals surface area contributed by atoms with Gasteiger partial charge in [-0.15, -0.1) is 3.89 Å². The summed E-state index contributed by atoms with van der Waals surface area (Å²) < 4.78 is 42.6. The highest BCUT2D eigenvalue weighted by molar-refractivity contribution is 7.92. The minimum absolute atomic E-state index is 0.102. The summed E-state index contributed by atoms with van der Waals surface area (Å²) in [5, 5.41) is 3.92. The molecule has 2 N–H and O–H groups in total. The van der Waals surface area contributed by atoms with Crippen LogP contribution in [-0.2, 0) is 0 Å². The van der Waals surface area contributed by atoms with Crippen LogP contribution in [0.15, 0.2) is 24.4 Å². The Hall–Kier alpha value is -1.54. The van der Waals surface area contributed by atoms with Crippen molar-refractivity contribution in [2.45, 2.75) is 20.5 Å². The van der Waals surface area contributed by atoms with Gasteiger partial charge >= 0.3 is 6.61 Å². The maximum atomic E-state index is 12.7. The summed E-state index contributed by atoms with van der Waals surface area (Å²) in [6.45, 7) is 0.982. The number of hydrogen-bond donors (Lipinski definition) is 1. The van der Waals surface area contributed by atoms with E-state index in [1.807, 2.05) is 13.8 Å². The quantitative estimate of drug-likeness (QED) is 0.869. The fourth-order valence-corrected chi connectivity index (χ4v) is 2.07. The monoisotopic (exact) mass is 339 g/mol. The lowest BCUT2D eigenvalue weighted by Crippen LogP contribution is -2.04. The van der Waals surface area contributed by atoms with Crippen LogP contribution in [0.2, 0.25) is 5.02 Å². The highest BCUT2D eigenvalue weighted by Crippen LogP contribution is 2.38. The van der Waals surface area contributed by atoms with Crippen LogP contribution < -0.4 is 10.5 Å². The molecule has 2 rings (SSSR count). The number of alkyl halides is 2. The second-order valence-electron chi connectivity index (χ2n) is 3.41. The first-order valence-electron chi connectivity index (χ1n) is 5.90. The normalized spacial score (nSPS) is 10.2. The number of nitrogens with two attached hydrogens (primary N) is 1. The number of anilines is 1. The standard InChI is InChI=1S/C10H7ClF3N3OS.C2H6/c11-5-1-2-8(18-10(12)13)6(3-5)9-7(15)4-16-17(9)19-14;1-2/h1-4,10H,15H2;1-2H3. The Bertz CT molecular complexity index is 595. The molecular weight excluding hydrogens is 327 g/mol. The number of halogens is 4. The fourth-order valence-electron chi connectivity index (χ4n) is 1.54. The van der Waals surface area contributed by atoms with E-state index in [2.05, 4.69) is 9.84 Å². The zero-order chi connectivity index (χ0) is 16.0. The third kappa shape index (κ3) is 4.21. The lowest BCUT2D eigenvalue weighted by Gasteiger charge is -2.11. The second kappa shape index (κ2) is 8.04. The summed E-state index contributed by atoms with van der Waals surface area (Å²) in [7, 11) is 0. The summed E-state index contributed by atoms with van der Waals surface area (Å²) >= 11 is 5.59. The first kappa shape index (κ1) is 17.5. The first-order valence-corrected chi connectivity index (χ1v) is 6.95. The Balaban J connectivity index is 0.00000106. The van der Waals surface area contributed by atoms with Gasteiger partial charge in [-0.1, -0.05) is 25.4 Å². The van der Waals surface area contributed by atoms with Crippen LogP contribution in [0.4, 0.5) is 18.4 Å². The highest BCUT2D eigenvalue weighted by Gasteiger charge is 2.19. The molecule has 9 heteroatoms. The highest BCUT2D eigenvalue weighted by atomic mass is 35.5. The third-order valence-electron chi connectivity index (χ3n) is 2.24. The lowest BCUT2D eigenvalue weighted by atomic mass is 10.1. The van der Waals surface area contributed by atoms with Gasteiger partial charge in [-0.25, -0.2) is 0 Å². The van der Waals surface area contributed by atoms with Crippen molar-refractivity contribution in [1.29, 1.82) is 0 Å². The fraction of sp³-hybridized carbons (Fsp3) is 0.250. The molecule has 0 amide bonds. The van der Waals surface area contributed by atoms with Gasteiger partial charge in [-0.2, -0.15) is 18.0 Å². The van der Waals surface area contributed by atoms with Crippen LogP contribution in [0.5, 0.6) is 5.75 Å². The number of benzene rings is 1. The molecule has 1 aromatic carbocycles. The molecule has 0 bridgehead atoms. The lowest BCUT2D eigenvalue weighted by molar-refractivity contribution is -0.0494. The van der Waals surface area contributed by atoms with E-state index in [-0.39, 0.29) is 40.1 Å². The van der Waals surface area contributed by atoms with Crippen LogP contribution in [0.3, 0.4) is 0 Å². The van der Waals surface area contributed by atoms with E-state index >= 15 is 0 Å². The minimum Gasteiger partial charge on any atom is -0.434 e. The Morgan fingerprint density at radius 2 is 2.05 bits per heavy atom. The molecule has 0 saturated carbocycles. The van der Waals surface area contributed by atoms with Crippen molar-refractivity contribution in [1.82, 2.24) is 9.19 Å². The molecule has 2 aromatic rings. The SMILES string of the molecule is CC.Nc1cnn(SF)c1-c1cc(Cl)ccc1OC(F)F. The van der Waals surface area contributed by atoms with E-state index in [1.54, 1.807) is 0 Å². The molecule has 0 aliphatic rings. The zero-order valence-electron chi connectivity index (χ0n) is 11.2. The summed E-state index contributed by atoms with van der Waals surface area (Å²) in [6, 6.07) is 3.98. The van der Waals surface area contributed by atoms with Crippen molar-refractivity contribution in [2.75, 3.05) is 5.73 Å². The average molecular weight is 340 g/mol. The van der Waals surface area contributed by atoms with Gasteiger partial charge in [0.25, 0.3) is 0 Å². The van der Waals surface area contributed by atoms with Crippen molar-refractivity contribution >= 4 is 29.6 Å². The van der Waals surface area contributed by atoms with Crippen LogP contribution in [-0.4, -0.2) is 15.8 Å². The van der Waals surface area contributed by atoms with Crippen molar-refractivity contribution in [3.63, 3.8) is 0 Å². The smallest absolute Gasteiger partial charge is 0.387 e. The third-order valence-corrected chi connectivity index (χ3v) is 2.89. The molecule has 0 spiro atoms. The van der Waals surface area contributed by atoms with Crippen LogP contribution >= 0.6 is 23.9 Å². The molecule has 0 aliphatic heterocycles. The molecule has 0 radical (unpaired) electrons. The van der Waals surface area contributed by atoms with Gasteiger partial charge in [0, 0.05) is 10.6 Å². The number of aromatic nitrogens is 2. The molecular formula is C12H13ClF3N3OS. The van der Waals surface area contributed by atoms with Gasteiger partial charge in [0.1, 0.15) is 11.4 Å². The predicted molar refractivity (Wildman–Crippen MR) is 79.2 cm³/mol. The molecule has 4 nitrogen and oxygen atoms in total. The molecule has 116 valence electrons. The Morgan fingerprint density at radius 1 is 1.38 bits per heavy atom. The number of nitrogens with zero attached hydrogens (tertiary/aromatic N) is 2. The molecule has 1 heterocycles. The molecule has 21 heavy (non-hydrogen) atoms. The van der Waals surface area contributed by atoms with Gasteiger partial charge in [0.2, 0.25) is 0 Å². The summed E-state index contributed by atoms with van der Waals surface area (Å²) in [6.07, 6.45) is 1.20. The Labute approximate surface area is 129 Å². The van der Waals surface area contributed by atoms with E-state index in [4.69, 9.17) is 17.3 Å².